The molecule has 0 saturated carbocycles. The van der Waals surface area contributed by atoms with E-state index in [9.17, 15) is 0 Å². The van der Waals surface area contributed by atoms with Crippen molar-refractivity contribution in [2.45, 2.75) is 59.3 Å². The van der Waals surface area contributed by atoms with Crippen LogP contribution in [0.2, 0.25) is 0 Å². The lowest BCUT2D eigenvalue weighted by atomic mass is 9.87. The summed E-state index contributed by atoms with van der Waals surface area (Å²) in [5.74, 6) is 4.31. The van der Waals surface area contributed by atoms with E-state index in [4.69, 9.17) is 11.2 Å². The van der Waals surface area contributed by atoms with Crippen LogP contribution in [0.3, 0.4) is 0 Å². The van der Waals surface area contributed by atoms with Gasteiger partial charge >= 0.3 is 0 Å². The molecule has 1 heteroatoms. The predicted molar refractivity (Wildman–Crippen MR) is 82.8 cm³/mol. The van der Waals surface area contributed by atoms with E-state index in [1.807, 2.05) is 0 Å². The zero-order valence-corrected chi connectivity index (χ0v) is 12.8. The molecule has 1 atom stereocenters. The third-order valence-electron chi connectivity index (χ3n) is 3.68. The van der Waals surface area contributed by atoms with Crippen molar-refractivity contribution in [1.29, 1.82) is 0 Å². The first kappa shape index (κ1) is 15.6. The maximum atomic E-state index is 5.78. The van der Waals surface area contributed by atoms with Crippen LogP contribution < -0.4 is 4.74 Å². The fourth-order valence-corrected chi connectivity index (χ4v) is 2.49. The Bertz CT molecular complexity index is 440. The molecule has 0 heterocycles. The molecule has 0 saturated heterocycles. The Morgan fingerprint density at radius 1 is 1.16 bits per heavy atom. The highest BCUT2D eigenvalue weighted by Crippen LogP contribution is 2.32. The van der Waals surface area contributed by atoms with E-state index in [1.165, 1.54) is 23.1 Å². The first-order chi connectivity index (χ1) is 9.15. The monoisotopic (exact) mass is 258 g/mol. The normalized spacial score (nSPS) is 11.9. The first-order valence-corrected chi connectivity index (χ1v) is 7.32. The summed E-state index contributed by atoms with van der Waals surface area (Å²) in [4.78, 5) is 0. The number of rotatable bonds is 7. The van der Waals surface area contributed by atoms with Gasteiger partial charge in [-0.15, -0.1) is 12.3 Å². The smallest absolute Gasteiger partial charge is 0.122 e. The van der Waals surface area contributed by atoms with E-state index < -0.39 is 0 Å². The fourth-order valence-electron chi connectivity index (χ4n) is 2.49. The predicted octanol–water partition coefficient (Wildman–Crippen LogP) is 5.00. The summed E-state index contributed by atoms with van der Waals surface area (Å²) in [7, 11) is 0. The maximum Gasteiger partial charge on any atom is 0.122 e. The summed E-state index contributed by atoms with van der Waals surface area (Å²) in [6.07, 6.45) is 9.68. The third-order valence-corrected chi connectivity index (χ3v) is 3.68. The fraction of sp³-hybridized carbons (Fsp3) is 0.556. The van der Waals surface area contributed by atoms with Crippen LogP contribution in [-0.4, -0.2) is 6.61 Å². The van der Waals surface area contributed by atoms with E-state index in [0.29, 0.717) is 5.92 Å². The standard InChI is InChI=1S/C18H26O/c1-6-9-16(10-7-2)17-11-12-18(19-13-8-3)15(5)14(17)4/h1,11-12,16H,7-10,13H2,2-5H3. The molecule has 19 heavy (non-hydrogen) atoms. The molecular formula is C18H26O. The largest absolute Gasteiger partial charge is 0.493 e. The molecule has 0 aliphatic rings. The van der Waals surface area contributed by atoms with E-state index in [0.717, 1.165) is 31.6 Å². The zero-order valence-electron chi connectivity index (χ0n) is 12.8. The quantitative estimate of drug-likeness (QED) is 0.625. The summed E-state index contributed by atoms with van der Waals surface area (Å²) in [6, 6.07) is 4.30. The maximum absolute atomic E-state index is 5.78. The number of ether oxygens (including phenoxy) is 1. The van der Waals surface area contributed by atoms with Gasteiger partial charge in [0.1, 0.15) is 5.75 Å². The van der Waals surface area contributed by atoms with Gasteiger partial charge in [-0.3, -0.25) is 0 Å². The number of terminal acetylenes is 1. The average Bonchev–Trinajstić information content (AvgIpc) is 2.40. The molecule has 1 nitrogen and oxygen atoms in total. The minimum Gasteiger partial charge on any atom is -0.493 e. The molecule has 104 valence electrons. The van der Waals surface area contributed by atoms with Gasteiger partial charge < -0.3 is 4.74 Å². The summed E-state index contributed by atoms with van der Waals surface area (Å²) in [5.41, 5.74) is 3.98. The van der Waals surface area contributed by atoms with Crippen molar-refractivity contribution < 1.29 is 4.74 Å². The summed E-state index contributed by atoms with van der Waals surface area (Å²) in [5, 5.41) is 0. The highest BCUT2D eigenvalue weighted by molar-refractivity contribution is 5.45. The van der Waals surface area contributed by atoms with Crippen LogP contribution in [0, 0.1) is 26.2 Å². The molecule has 0 aliphatic carbocycles. The van der Waals surface area contributed by atoms with Gasteiger partial charge in [0.15, 0.2) is 0 Å². The molecule has 1 unspecified atom stereocenters. The van der Waals surface area contributed by atoms with Gasteiger partial charge in [0.05, 0.1) is 6.61 Å². The van der Waals surface area contributed by atoms with Crippen molar-refractivity contribution >= 4 is 0 Å². The molecule has 0 bridgehead atoms. The van der Waals surface area contributed by atoms with Crippen LogP contribution in [0.25, 0.3) is 0 Å². The highest BCUT2D eigenvalue weighted by atomic mass is 16.5. The molecule has 0 aromatic heterocycles. The van der Waals surface area contributed by atoms with Crippen molar-refractivity contribution in [3.05, 3.63) is 28.8 Å². The van der Waals surface area contributed by atoms with Crippen LogP contribution in [0.5, 0.6) is 5.75 Å². The SMILES string of the molecule is C#CCC(CCC)c1ccc(OCCC)c(C)c1C. The van der Waals surface area contributed by atoms with Crippen molar-refractivity contribution in [2.24, 2.45) is 0 Å². The van der Waals surface area contributed by atoms with Gasteiger partial charge in [-0.25, -0.2) is 0 Å². The molecule has 1 aromatic carbocycles. The van der Waals surface area contributed by atoms with Crippen LogP contribution >= 0.6 is 0 Å². The summed E-state index contributed by atoms with van der Waals surface area (Å²) < 4.78 is 5.78. The summed E-state index contributed by atoms with van der Waals surface area (Å²) in [6.45, 7) is 9.44. The Labute approximate surface area is 118 Å². The lowest BCUT2D eigenvalue weighted by Crippen LogP contribution is -2.04. The van der Waals surface area contributed by atoms with Crippen LogP contribution in [0.15, 0.2) is 12.1 Å². The second-order valence-corrected chi connectivity index (χ2v) is 5.15. The molecule has 0 radical (unpaired) electrons. The number of benzene rings is 1. The third kappa shape index (κ3) is 4.03. The van der Waals surface area contributed by atoms with E-state index in [-0.39, 0.29) is 0 Å². The van der Waals surface area contributed by atoms with E-state index in [2.05, 4.69) is 45.7 Å². The van der Waals surface area contributed by atoms with Gasteiger partial charge in [0.2, 0.25) is 0 Å². The van der Waals surface area contributed by atoms with E-state index in [1.54, 1.807) is 0 Å². The molecule has 1 rings (SSSR count). The van der Waals surface area contributed by atoms with Crippen molar-refractivity contribution in [3.8, 4) is 18.1 Å². The topological polar surface area (TPSA) is 9.23 Å². The van der Waals surface area contributed by atoms with Crippen LogP contribution in [-0.2, 0) is 0 Å². The number of hydrogen-bond acceptors (Lipinski definition) is 1. The molecule has 0 amide bonds. The van der Waals surface area contributed by atoms with E-state index >= 15 is 0 Å². The molecule has 0 spiro atoms. The zero-order chi connectivity index (χ0) is 14.3. The minimum atomic E-state index is 0.480. The lowest BCUT2D eigenvalue weighted by Gasteiger charge is -2.20. The van der Waals surface area contributed by atoms with Crippen molar-refractivity contribution in [1.82, 2.24) is 0 Å². The minimum absolute atomic E-state index is 0.480. The van der Waals surface area contributed by atoms with Gasteiger partial charge in [-0.05, 0) is 55.4 Å². The van der Waals surface area contributed by atoms with Crippen molar-refractivity contribution in [3.63, 3.8) is 0 Å². The lowest BCUT2D eigenvalue weighted by molar-refractivity contribution is 0.315. The van der Waals surface area contributed by atoms with Crippen LogP contribution in [0.1, 0.15) is 62.1 Å². The highest BCUT2D eigenvalue weighted by Gasteiger charge is 2.15. The summed E-state index contributed by atoms with van der Waals surface area (Å²) >= 11 is 0. The number of hydrogen-bond donors (Lipinski definition) is 0. The van der Waals surface area contributed by atoms with Crippen LogP contribution in [0.4, 0.5) is 0 Å². The molecule has 0 N–H and O–H groups in total. The Hall–Kier alpha value is -1.42. The first-order valence-electron chi connectivity index (χ1n) is 7.32. The molecular weight excluding hydrogens is 232 g/mol. The van der Waals surface area contributed by atoms with Gasteiger partial charge in [0.25, 0.3) is 0 Å². The molecule has 1 aromatic rings. The Balaban J connectivity index is 3.02. The average molecular weight is 258 g/mol. The Kier molecular flexibility index (Phi) is 6.50. The molecule has 0 aliphatic heterocycles. The molecule has 0 fully saturated rings. The second kappa shape index (κ2) is 7.89. The van der Waals surface area contributed by atoms with Gasteiger partial charge in [0, 0.05) is 6.42 Å². The van der Waals surface area contributed by atoms with Gasteiger partial charge in [-0.1, -0.05) is 26.3 Å². The second-order valence-electron chi connectivity index (χ2n) is 5.15. The Morgan fingerprint density at radius 2 is 1.89 bits per heavy atom. The van der Waals surface area contributed by atoms with Gasteiger partial charge in [-0.2, -0.15) is 0 Å². The Morgan fingerprint density at radius 3 is 2.47 bits per heavy atom. The van der Waals surface area contributed by atoms with Crippen molar-refractivity contribution in [2.75, 3.05) is 6.61 Å².